The summed E-state index contributed by atoms with van der Waals surface area (Å²) in [6.45, 7) is 9.82. The van der Waals surface area contributed by atoms with E-state index in [1.54, 1.807) is 0 Å². The van der Waals surface area contributed by atoms with Crippen LogP contribution in [0.3, 0.4) is 0 Å². The van der Waals surface area contributed by atoms with Crippen LogP contribution in [-0.4, -0.2) is 92.1 Å². The first-order valence-corrected chi connectivity index (χ1v) is 21.9. The van der Waals surface area contributed by atoms with E-state index in [4.69, 9.17) is 31.0 Å². The van der Waals surface area contributed by atoms with E-state index in [2.05, 4.69) is 76.1 Å². The number of halogens is 1. The number of carbonyl (C=O) groups is 4. The zero-order valence-corrected chi connectivity index (χ0v) is 36.7. The number of piperidine rings is 2. The van der Waals surface area contributed by atoms with Gasteiger partial charge < -0.3 is 39.9 Å². The highest BCUT2D eigenvalue weighted by Gasteiger charge is 2.62. The maximum absolute atomic E-state index is 14.0. The highest BCUT2D eigenvalue weighted by molar-refractivity contribution is 6.32. The molecule has 62 heavy (non-hydrogen) atoms. The molecule has 324 valence electrons. The molecule has 0 bridgehead atoms. The van der Waals surface area contributed by atoms with E-state index in [1.165, 1.54) is 14.2 Å². The van der Waals surface area contributed by atoms with Crippen molar-refractivity contribution < 1.29 is 28.7 Å². The highest BCUT2D eigenvalue weighted by atomic mass is 35.5. The van der Waals surface area contributed by atoms with E-state index in [-0.39, 0.29) is 47.8 Å². The summed E-state index contributed by atoms with van der Waals surface area (Å²) >= 11 is 6.79. The number of alkyl carbamates (subject to hydrolysis) is 2. The number of hydrogen-bond acceptors (Lipinski definition) is 8. The van der Waals surface area contributed by atoms with Gasteiger partial charge in [-0.05, 0) is 82.9 Å². The average Bonchev–Trinajstić information content (AvgIpc) is 3.75. The van der Waals surface area contributed by atoms with Crippen molar-refractivity contribution in [3.05, 3.63) is 83.7 Å². The SMILES string of the molecule is COC(=O)N[C@H](C(=O)N1[C@@H]2[C@H](C)[C@@H]2C[C@H]1c1nc(Cl)c(-c2ccc(-c3ccc4cc(-c5cnc([C@@H]6C[C@H]7C[C@H]7N6C(=O)[C@@H](NC(=O)OC)C(C)C)[nH]5)ccc4c3)cc2)[nH]1)C(C)C. The lowest BCUT2D eigenvalue weighted by atomic mass is 9.98. The Morgan fingerprint density at radius 1 is 0.726 bits per heavy atom. The summed E-state index contributed by atoms with van der Waals surface area (Å²) in [6.07, 6.45) is 3.17. The number of hydrogen-bond donors (Lipinski definition) is 4. The zero-order chi connectivity index (χ0) is 43.7. The van der Waals surface area contributed by atoms with Gasteiger partial charge in [0.2, 0.25) is 11.8 Å². The predicted molar refractivity (Wildman–Crippen MR) is 235 cm³/mol. The number of carbonyl (C=O) groups excluding carboxylic acids is 4. The second-order valence-electron chi connectivity index (χ2n) is 18.1. The quantitative estimate of drug-likeness (QED) is 0.103. The highest BCUT2D eigenvalue weighted by Crippen LogP contribution is 2.58. The van der Waals surface area contributed by atoms with Gasteiger partial charge in [0.15, 0.2) is 5.15 Å². The number of imidazole rings is 2. The largest absolute Gasteiger partial charge is 0.453 e. The molecule has 15 heteroatoms. The lowest BCUT2D eigenvalue weighted by Gasteiger charge is -2.32. The first kappa shape index (κ1) is 41.5. The topological polar surface area (TPSA) is 175 Å². The molecule has 2 saturated heterocycles. The fraction of sp³-hybridized carbons (Fsp3) is 0.447. The summed E-state index contributed by atoms with van der Waals surface area (Å²) in [5.74, 6) is 2.09. The molecule has 14 nitrogen and oxygen atoms in total. The molecule has 9 rings (SSSR count). The number of nitrogens with one attached hydrogen (secondary N) is 4. The van der Waals surface area contributed by atoms with Gasteiger partial charge in [-0.25, -0.2) is 19.6 Å². The first-order valence-electron chi connectivity index (χ1n) is 21.5. The fourth-order valence-electron chi connectivity index (χ4n) is 9.99. The van der Waals surface area contributed by atoms with Gasteiger partial charge in [0, 0.05) is 23.2 Å². The molecule has 0 radical (unpaired) electrons. The minimum Gasteiger partial charge on any atom is -0.453 e. The maximum atomic E-state index is 14.0. The molecule has 4 N–H and O–H groups in total. The van der Waals surface area contributed by atoms with Crippen LogP contribution in [0.4, 0.5) is 9.59 Å². The predicted octanol–water partition coefficient (Wildman–Crippen LogP) is 8.27. The van der Waals surface area contributed by atoms with Gasteiger partial charge in [-0.3, -0.25) is 9.59 Å². The number of fused-ring (bicyclic) bond motifs is 3. The van der Waals surface area contributed by atoms with Crippen LogP contribution in [-0.2, 0) is 19.1 Å². The summed E-state index contributed by atoms with van der Waals surface area (Å²) in [4.78, 5) is 72.4. The van der Waals surface area contributed by atoms with Crippen molar-refractivity contribution in [1.29, 1.82) is 0 Å². The molecule has 2 aliphatic carbocycles. The van der Waals surface area contributed by atoms with E-state index in [0.29, 0.717) is 34.4 Å². The number of nitrogens with zero attached hydrogens (tertiary/aromatic N) is 4. The van der Waals surface area contributed by atoms with E-state index >= 15 is 0 Å². The Bertz CT molecular complexity index is 2550. The van der Waals surface area contributed by atoms with Crippen LogP contribution >= 0.6 is 11.6 Å². The second-order valence-corrected chi connectivity index (χ2v) is 18.5. The van der Waals surface area contributed by atoms with Gasteiger partial charge in [-0.1, -0.05) is 94.8 Å². The Labute approximate surface area is 365 Å². The molecule has 2 aromatic heterocycles. The lowest BCUT2D eigenvalue weighted by Crippen LogP contribution is -2.52. The average molecular weight is 861 g/mol. The van der Waals surface area contributed by atoms with E-state index in [9.17, 15) is 19.2 Å². The number of H-pyrrole nitrogens is 2. The van der Waals surface area contributed by atoms with Gasteiger partial charge in [0.05, 0.1) is 43.9 Å². The minimum atomic E-state index is -0.724. The van der Waals surface area contributed by atoms with Crippen LogP contribution in [0.5, 0.6) is 0 Å². The summed E-state index contributed by atoms with van der Waals surface area (Å²) in [5.41, 5.74) is 5.54. The number of methoxy groups -OCH3 is 2. The summed E-state index contributed by atoms with van der Waals surface area (Å²) in [7, 11) is 2.59. The third-order valence-electron chi connectivity index (χ3n) is 13.6. The van der Waals surface area contributed by atoms with Crippen molar-refractivity contribution in [2.45, 2.75) is 90.1 Å². The molecule has 0 spiro atoms. The van der Waals surface area contributed by atoms with Crippen LogP contribution in [0.1, 0.15) is 77.6 Å². The number of aromatic nitrogens is 4. The Morgan fingerprint density at radius 3 is 1.92 bits per heavy atom. The number of rotatable bonds is 11. The normalized spacial score (nSPS) is 24.5. The van der Waals surface area contributed by atoms with Crippen molar-refractivity contribution in [2.24, 2.45) is 29.6 Å². The van der Waals surface area contributed by atoms with E-state index in [1.807, 2.05) is 55.8 Å². The third kappa shape index (κ3) is 7.45. The summed E-state index contributed by atoms with van der Waals surface area (Å²) in [5, 5.41) is 7.99. The molecule has 3 aromatic carbocycles. The molecular formula is C47H53ClN8O6. The molecule has 4 aliphatic rings. The number of aromatic amines is 2. The van der Waals surface area contributed by atoms with Gasteiger partial charge in [0.1, 0.15) is 23.7 Å². The van der Waals surface area contributed by atoms with Gasteiger partial charge in [0.25, 0.3) is 0 Å². The van der Waals surface area contributed by atoms with Crippen LogP contribution in [0.15, 0.2) is 66.9 Å². The van der Waals surface area contributed by atoms with E-state index in [0.717, 1.165) is 63.8 Å². The van der Waals surface area contributed by atoms with Crippen molar-refractivity contribution >= 4 is 46.4 Å². The lowest BCUT2D eigenvalue weighted by molar-refractivity contribution is -0.137. The standard InChI is InChI=1S/C47H53ClN8O6/c1-22(2)37(52-46(59)61-6)44(57)55-34-18-31(34)19-35(55)42-49-21-33(50-42)30-15-14-28-16-27(12-13-29(28)17-30)25-8-10-26(11-9-25)39-41(48)54-43(51-39)36-20-32-24(5)40(32)56(36)45(58)38(23(3)4)53-47(60)62-7/h8-17,21-24,31-32,34-38,40H,18-20H2,1-7H3,(H,49,50)(H,51,54)(H,52,59)(H,53,60)/t24-,31-,32+,34-,35+,36+,37+,38+,40-/m1/s1. The molecule has 0 unspecified atom stereocenters. The number of benzene rings is 3. The monoisotopic (exact) mass is 860 g/mol. The van der Waals surface area contributed by atoms with Crippen molar-refractivity contribution in [3.8, 4) is 33.6 Å². The number of ether oxygens (including phenoxy) is 2. The van der Waals surface area contributed by atoms with Crippen molar-refractivity contribution in [1.82, 2.24) is 40.4 Å². The Morgan fingerprint density at radius 2 is 1.29 bits per heavy atom. The molecule has 4 amide bonds. The Balaban J connectivity index is 0.897. The summed E-state index contributed by atoms with van der Waals surface area (Å²) < 4.78 is 9.63. The number of likely N-dealkylation sites (tertiary alicyclic amines) is 2. The molecule has 5 aromatic rings. The van der Waals surface area contributed by atoms with Gasteiger partial charge in [-0.2, -0.15) is 0 Å². The maximum Gasteiger partial charge on any atom is 0.407 e. The van der Waals surface area contributed by atoms with E-state index < -0.39 is 24.3 Å². The molecule has 4 fully saturated rings. The molecular weight excluding hydrogens is 808 g/mol. The Kier molecular flexibility index (Phi) is 10.8. The molecule has 4 heterocycles. The zero-order valence-electron chi connectivity index (χ0n) is 35.9. The minimum absolute atomic E-state index is 0.0894. The fourth-order valence-corrected chi connectivity index (χ4v) is 10.2. The summed E-state index contributed by atoms with van der Waals surface area (Å²) in [6, 6.07) is 19.3. The van der Waals surface area contributed by atoms with Crippen LogP contribution < -0.4 is 10.6 Å². The van der Waals surface area contributed by atoms with Crippen LogP contribution in [0.25, 0.3) is 44.4 Å². The second kappa shape index (κ2) is 16.1. The molecule has 9 atom stereocenters. The van der Waals surface area contributed by atoms with Crippen LogP contribution in [0.2, 0.25) is 5.15 Å². The van der Waals surface area contributed by atoms with Gasteiger partial charge in [-0.15, -0.1) is 0 Å². The molecule has 2 saturated carbocycles. The third-order valence-corrected chi connectivity index (χ3v) is 13.9. The first-order chi connectivity index (χ1) is 29.8. The van der Waals surface area contributed by atoms with Crippen molar-refractivity contribution in [2.75, 3.05) is 14.2 Å². The smallest absolute Gasteiger partial charge is 0.407 e. The Hall–Kier alpha value is -5.89. The van der Waals surface area contributed by atoms with Crippen molar-refractivity contribution in [3.63, 3.8) is 0 Å². The van der Waals surface area contributed by atoms with Gasteiger partial charge >= 0.3 is 12.2 Å². The number of amides is 4. The molecule has 2 aliphatic heterocycles. The van der Waals surface area contributed by atoms with Crippen LogP contribution in [0, 0.1) is 29.6 Å².